The van der Waals surface area contributed by atoms with Gasteiger partial charge >= 0.3 is 0 Å². The lowest BCUT2D eigenvalue weighted by molar-refractivity contribution is -0.119. The number of ketones is 1. The summed E-state index contributed by atoms with van der Waals surface area (Å²) in [5.41, 5.74) is 0.897. The summed E-state index contributed by atoms with van der Waals surface area (Å²) in [6.45, 7) is 0. The molecule has 0 aliphatic heterocycles. The number of hydrogen-bond donors (Lipinski definition) is 0. The molecular formula is C10H10ClNO. The van der Waals surface area contributed by atoms with Crippen molar-refractivity contribution in [3.8, 4) is 0 Å². The number of Topliss-reactive ketones (excluding diaryl/α,β-unsaturated/α-hetero) is 1. The molecule has 68 valence electrons. The first-order valence-corrected chi connectivity index (χ1v) is 4.76. The topological polar surface area (TPSA) is 30.0 Å². The molecule has 1 aromatic rings. The molecule has 1 aromatic heterocycles. The number of halogens is 1. The quantitative estimate of drug-likeness (QED) is 0.741. The van der Waals surface area contributed by atoms with E-state index >= 15 is 0 Å². The van der Waals surface area contributed by atoms with Gasteiger partial charge in [0.1, 0.15) is 5.78 Å². The molecule has 1 fully saturated rings. The summed E-state index contributed by atoms with van der Waals surface area (Å²) in [6, 6.07) is 1.81. The van der Waals surface area contributed by atoms with Crippen molar-refractivity contribution in [2.24, 2.45) is 5.92 Å². The molecule has 0 spiro atoms. The highest BCUT2D eigenvalue weighted by atomic mass is 35.5. The summed E-state index contributed by atoms with van der Waals surface area (Å²) < 4.78 is 0. The molecule has 0 aromatic carbocycles. The fourth-order valence-corrected chi connectivity index (χ4v) is 1.47. The van der Waals surface area contributed by atoms with Gasteiger partial charge in [0.05, 0.1) is 5.02 Å². The Hall–Kier alpha value is -0.890. The number of pyridine rings is 1. The molecule has 0 N–H and O–H groups in total. The predicted octanol–water partition coefficient (Wildman–Crippen LogP) is 2.26. The Bertz CT molecular complexity index is 333. The lowest BCUT2D eigenvalue weighted by atomic mass is 10.1. The van der Waals surface area contributed by atoms with Crippen LogP contribution in [-0.4, -0.2) is 10.8 Å². The van der Waals surface area contributed by atoms with Crippen LogP contribution in [0.2, 0.25) is 5.02 Å². The summed E-state index contributed by atoms with van der Waals surface area (Å²) in [5.74, 6) is 0.623. The van der Waals surface area contributed by atoms with E-state index in [0.29, 0.717) is 23.1 Å². The van der Waals surface area contributed by atoms with Crippen molar-refractivity contribution >= 4 is 17.4 Å². The van der Waals surface area contributed by atoms with Crippen molar-refractivity contribution in [3.63, 3.8) is 0 Å². The van der Waals surface area contributed by atoms with Gasteiger partial charge in [-0.15, -0.1) is 0 Å². The smallest absolute Gasteiger partial charge is 0.140 e. The van der Waals surface area contributed by atoms with E-state index in [9.17, 15) is 4.79 Å². The largest absolute Gasteiger partial charge is 0.299 e. The molecule has 1 aliphatic rings. The normalized spacial score (nSPS) is 15.8. The second-order valence-electron chi connectivity index (χ2n) is 3.38. The van der Waals surface area contributed by atoms with Crippen molar-refractivity contribution in [1.29, 1.82) is 0 Å². The van der Waals surface area contributed by atoms with Crippen LogP contribution in [0, 0.1) is 5.92 Å². The Morgan fingerprint density at radius 1 is 1.62 bits per heavy atom. The summed E-state index contributed by atoms with van der Waals surface area (Å²) >= 11 is 5.88. The van der Waals surface area contributed by atoms with Crippen LogP contribution in [0.1, 0.15) is 18.4 Å². The first kappa shape index (κ1) is 8.70. The second kappa shape index (κ2) is 3.46. The standard InChI is InChI=1S/C10H10ClNO/c11-9-6-12-4-3-8(9)5-10(13)7-1-2-7/h3-4,6-7H,1-2,5H2. The van der Waals surface area contributed by atoms with Gasteiger partial charge in [-0.05, 0) is 24.5 Å². The molecule has 0 unspecified atom stereocenters. The van der Waals surface area contributed by atoms with Gasteiger partial charge < -0.3 is 0 Å². The van der Waals surface area contributed by atoms with Gasteiger partial charge in [0.2, 0.25) is 0 Å². The molecule has 1 aliphatic carbocycles. The van der Waals surface area contributed by atoms with Gasteiger partial charge in [0.25, 0.3) is 0 Å². The molecule has 1 saturated carbocycles. The molecule has 3 heteroatoms. The second-order valence-corrected chi connectivity index (χ2v) is 3.79. The summed E-state index contributed by atoms with van der Waals surface area (Å²) in [5, 5.41) is 0.594. The van der Waals surface area contributed by atoms with E-state index in [1.54, 1.807) is 12.4 Å². The molecule has 0 radical (unpaired) electrons. The molecule has 0 saturated heterocycles. The molecule has 2 nitrogen and oxygen atoms in total. The van der Waals surface area contributed by atoms with Crippen LogP contribution in [0.3, 0.4) is 0 Å². The number of carbonyl (C=O) groups is 1. The summed E-state index contributed by atoms with van der Waals surface area (Å²) in [7, 11) is 0. The molecule has 13 heavy (non-hydrogen) atoms. The van der Waals surface area contributed by atoms with Crippen LogP contribution in [-0.2, 0) is 11.2 Å². The van der Waals surface area contributed by atoms with Crippen molar-refractivity contribution in [2.75, 3.05) is 0 Å². The lowest BCUT2D eigenvalue weighted by Crippen LogP contribution is -2.05. The summed E-state index contributed by atoms with van der Waals surface area (Å²) in [4.78, 5) is 15.3. The van der Waals surface area contributed by atoms with Crippen molar-refractivity contribution < 1.29 is 4.79 Å². The van der Waals surface area contributed by atoms with Crippen molar-refractivity contribution in [1.82, 2.24) is 4.98 Å². The van der Waals surface area contributed by atoms with Gasteiger partial charge in [0.15, 0.2) is 0 Å². The van der Waals surface area contributed by atoms with E-state index in [1.165, 1.54) is 0 Å². The van der Waals surface area contributed by atoms with Gasteiger partial charge in [-0.1, -0.05) is 11.6 Å². The Labute approximate surface area is 81.9 Å². The average Bonchev–Trinajstić information content (AvgIpc) is 2.91. The average molecular weight is 196 g/mol. The fourth-order valence-electron chi connectivity index (χ4n) is 1.28. The van der Waals surface area contributed by atoms with Crippen LogP contribution in [0.25, 0.3) is 0 Å². The van der Waals surface area contributed by atoms with Gasteiger partial charge in [-0.2, -0.15) is 0 Å². The predicted molar refractivity (Wildman–Crippen MR) is 50.7 cm³/mol. The fraction of sp³-hybridized carbons (Fsp3) is 0.400. The highest BCUT2D eigenvalue weighted by molar-refractivity contribution is 6.31. The minimum absolute atomic E-state index is 0.309. The highest BCUT2D eigenvalue weighted by Gasteiger charge is 2.29. The van der Waals surface area contributed by atoms with Crippen LogP contribution in [0.4, 0.5) is 0 Å². The third-order valence-electron chi connectivity index (χ3n) is 2.25. The van der Waals surface area contributed by atoms with Crippen LogP contribution in [0.5, 0.6) is 0 Å². The van der Waals surface area contributed by atoms with E-state index in [-0.39, 0.29) is 0 Å². The van der Waals surface area contributed by atoms with E-state index in [0.717, 1.165) is 18.4 Å². The van der Waals surface area contributed by atoms with E-state index < -0.39 is 0 Å². The Balaban J connectivity index is 2.08. The monoisotopic (exact) mass is 195 g/mol. The maximum absolute atomic E-state index is 11.4. The van der Waals surface area contributed by atoms with Gasteiger partial charge in [-0.3, -0.25) is 9.78 Å². The number of hydrogen-bond acceptors (Lipinski definition) is 2. The van der Waals surface area contributed by atoms with E-state index in [1.807, 2.05) is 6.07 Å². The zero-order chi connectivity index (χ0) is 9.26. The number of aromatic nitrogens is 1. The third kappa shape index (κ3) is 2.07. The van der Waals surface area contributed by atoms with E-state index in [2.05, 4.69) is 4.98 Å². The maximum Gasteiger partial charge on any atom is 0.140 e. The Morgan fingerprint density at radius 3 is 3.00 bits per heavy atom. The van der Waals surface area contributed by atoms with E-state index in [4.69, 9.17) is 11.6 Å². The molecule has 0 amide bonds. The van der Waals surface area contributed by atoms with Gasteiger partial charge in [0, 0.05) is 24.7 Å². The molecule has 0 bridgehead atoms. The number of carbonyl (C=O) groups excluding carboxylic acids is 1. The number of nitrogens with zero attached hydrogens (tertiary/aromatic N) is 1. The minimum atomic E-state index is 0.309. The first-order valence-electron chi connectivity index (χ1n) is 4.38. The highest BCUT2D eigenvalue weighted by Crippen LogP contribution is 2.31. The molecular weight excluding hydrogens is 186 g/mol. The lowest BCUT2D eigenvalue weighted by Gasteiger charge is -2.00. The Kier molecular flexibility index (Phi) is 2.32. The number of rotatable bonds is 3. The zero-order valence-electron chi connectivity index (χ0n) is 7.16. The SMILES string of the molecule is O=C(Cc1ccncc1Cl)C1CC1. The first-order chi connectivity index (χ1) is 6.27. The maximum atomic E-state index is 11.4. The van der Waals surface area contributed by atoms with Crippen LogP contribution < -0.4 is 0 Å². The molecule has 2 rings (SSSR count). The van der Waals surface area contributed by atoms with Gasteiger partial charge in [-0.25, -0.2) is 0 Å². The zero-order valence-corrected chi connectivity index (χ0v) is 7.92. The Morgan fingerprint density at radius 2 is 2.38 bits per heavy atom. The third-order valence-corrected chi connectivity index (χ3v) is 2.59. The van der Waals surface area contributed by atoms with Crippen LogP contribution >= 0.6 is 11.6 Å². The minimum Gasteiger partial charge on any atom is -0.299 e. The van der Waals surface area contributed by atoms with Crippen molar-refractivity contribution in [2.45, 2.75) is 19.3 Å². The molecule has 0 atom stereocenters. The summed E-state index contributed by atoms with van der Waals surface area (Å²) in [6.07, 6.45) is 5.83. The molecule has 1 heterocycles. The van der Waals surface area contributed by atoms with Crippen LogP contribution in [0.15, 0.2) is 18.5 Å². The van der Waals surface area contributed by atoms with Crippen molar-refractivity contribution in [3.05, 3.63) is 29.0 Å².